The van der Waals surface area contributed by atoms with E-state index in [1.54, 1.807) is 0 Å². The number of nitro groups is 1. The summed E-state index contributed by atoms with van der Waals surface area (Å²) in [6.45, 7) is 1.44. The van der Waals surface area contributed by atoms with Crippen molar-refractivity contribution in [2.24, 2.45) is 0 Å². The molecule has 0 spiro atoms. The first-order chi connectivity index (χ1) is 14.4. The van der Waals surface area contributed by atoms with E-state index in [0.29, 0.717) is 31.8 Å². The van der Waals surface area contributed by atoms with Crippen molar-refractivity contribution in [1.82, 2.24) is 4.31 Å². The highest BCUT2D eigenvalue weighted by Gasteiger charge is 2.32. The number of benzene rings is 2. The summed E-state index contributed by atoms with van der Waals surface area (Å²) in [6.07, 6.45) is 2.94. The quantitative estimate of drug-likeness (QED) is 0.553. The summed E-state index contributed by atoms with van der Waals surface area (Å²) in [6, 6.07) is 13.9. The Morgan fingerprint density at radius 2 is 1.83 bits per heavy atom. The van der Waals surface area contributed by atoms with Gasteiger partial charge >= 0.3 is 0 Å². The third-order valence-electron chi connectivity index (χ3n) is 5.67. The SMILES string of the molecule is O=[N+]([O-])c1ccc(NC2CCOC(c3ccccc3)C2)c(S(=O)(=O)N2CCCC2)c1. The number of ether oxygens (including phenoxy) is 1. The van der Waals surface area contributed by atoms with E-state index in [1.807, 2.05) is 30.3 Å². The molecule has 2 heterocycles. The van der Waals surface area contributed by atoms with Crippen molar-refractivity contribution in [2.45, 2.75) is 42.7 Å². The molecule has 2 unspecified atom stereocenters. The number of anilines is 1. The summed E-state index contributed by atoms with van der Waals surface area (Å²) >= 11 is 0. The van der Waals surface area contributed by atoms with Gasteiger partial charge in [0.15, 0.2) is 0 Å². The summed E-state index contributed by atoms with van der Waals surface area (Å²) < 4.78 is 33.7. The zero-order valence-corrected chi connectivity index (χ0v) is 17.4. The fraction of sp³-hybridized carbons (Fsp3) is 0.429. The van der Waals surface area contributed by atoms with Gasteiger partial charge in [-0.15, -0.1) is 0 Å². The van der Waals surface area contributed by atoms with Gasteiger partial charge in [-0.2, -0.15) is 4.31 Å². The molecule has 0 aromatic heterocycles. The molecule has 4 rings (SSSR count). The molecular formula is C21H25N3O5S. The van der Waals surface area contributed by atoms with Crippen LogP contribution in [0.25, 0.3) is 0 Å². The highest BCUT2D eigenvalue weighted by molar-refractivity contribution is 7.89. The van der Waals surface area contributed by atoms with Crippen molar-refractivity contribution in [1.29, 1.82) is 0 Å². The summed E-state index contributed by atoms with van der Waals surface area (Å²) in [4.78, 5) is 10.7. The number of nitro benzene ring substituents is 1. The van der Waals surface area contributed by atoms with Gasteiger partial charge in [-0.3, -0.25) is 10.1 Å². The third kappa shape index (κ3) is 4.33. The van der Waals surface area contributed by atoms with E-state index in [1.165, 1.54) is 22.5 Å². The van der Waals surface area contributed by atoms with Gasteiger partial charge in [0.2, 0.25) is 10.0 Å². The Labute approximate surface area is 176 Å². The molecule has 2 aliphatic heterocycles. The van der Waals surface area contributed by atoms with Crippen molar-refractivity contribution in [3.63, 3.8) is 0 Å². The Balaban J connectivity index is 1.61. The lowest BCUT2D eigenvalue weighted by Crippen LogP contribution is -2.32. The maximum atomic E-state index is 13.2. The van der Waals surface area contributed by atoms with Crippen LogP contribution in [0.3, 0.4) is 0 Å². The molecule has 8 nitrogen and oxygen atoms in total. The highest BCUT2D eigenvalue weighted by atomic mass is 32.2. The Hall–Kier alpha value is -2.49. The van der Waals surface area contributed by atoms with Gasteiger partial charge in [-0.25, -0.2) is 8.42 Å². The number of sulfonamides is 1. The van der Waals surface area contributed by atoms with Crippen molar-refractivity contribution >= 4 is 21.4 Å². The largest absolute Gasteiger partial charge is 0.381 e. The second-order valence-corrected chi connectivity index (χ2v) is 9.59. The number of nitrogens with one attached hydrogen (secondary N) is 1. The molecule has 0 aliphatic carbocycles. The van der Waals surface area contributed by atoms with Crippen LogP contribution in [-0.4, -0.2) is 43.4 Å². The molecule has 1 N–H and O–H groups in total. The van der Waals surface area contributed by atoms with Crippen LogP contribution in [0, 0.1) is 10.1 Å². The zero-order chi connectivity index (χ0) is 21.1. The van der Waals surface area contributed by atoms with Crippen molar-refractivity contribution in [2.75, 3.05) is 25.0 Å². The molecule has 2 aromatic rings. The van der Waals surface area contributed by atoms with Crippen LogP contribution < -0.4 is 5.32 Å². The summed E-state index contributed by atoms with van der Waals surface area (Å²) in [5, 5.41) is 14.6. The molecule has 160 valence electrons. The van der Waals surface area contributed by atoms with Crippen LogP contribution in [0.5, 0.6) is 0 Å². The molecule has 30 heavy (non-hydrogen) atoms. The number of hydrogen-bond acceptors (Lipinski definition) is 6. The number of hydrogen-bond donors (Lipinski definition) is 1. The molecule has 2 aromatic carbocycles. The van der Waals surface area contributed by atoms with Gasteiger partial charge in [0.05, 0.1) is 16.7 Å². The van der Waals surface area contributed by atoms with Crippen LogP contribution in [0.1, 0.15) is 37.4 Å². The fourth-order valence-electron chi connectivity index (χ4n) is 4.07. The number of non-ortho nitro benzene ring substituents is 1. The first kappa shape index (κ1) is 20.8. The van der Waals surface area contributed by atoms with E-state index < -0.39 is 14.9 Å². The van der Waals surface area contributed by atoms with E-state index in [9.17, 15) is 18.5 Å². The molecule has 9 heteroatoms. The normalized spacial score (nSPS) is 22.7. The van der Waals surface area contributed by atoms with E-state index in [-0.39, 0.29) is 22.7 Å². The van der Waals surface area contributed by atoms with E-state index >= 15 is 0 Å². The lowest BCUT2D eigenvalue weighted by molar-refractivity contribution is -0.385. The molecular weight excluding hydrogens is 406 g/mol. The van der Waals surface area contributed by atoms with Gasteiger partial charge in [0.1, 0.15) is 4.90 Å². The average Bonchev–Trinajstić information content (AvgIpc) is 3.30. The first-order valence-corrected chi connectivity index (χ1v) is 11.6. The van der Waals surface area contributed by atoms with Gasteiger partial charge in [0.25, 0.3) is 5.69 Å². The fourth-order valence-corrected chi connectivity index (χ4v) is 5.76. The van der Waals surface area contributed by atoms with E-state index in [4.69, 9.17) is 4.74 Å². The number of rotatable bonds is 6. The van der Waals surface area contributed by atoms with Gasteiger partial charge in [-0.05, 0) is 37.3 Å². The van der Waals surface area contributed by atoms with Crippen LogP contribution in [0.4, 0.5) is 11.4 Å². The topological polar surface area (TPSA) is 102 Å². The minimum Gasteiger partial charge on any atom is -0.381 e. The molecule has 0 bridgehead atoms. The smallest absolute Gasteiger partial charge is 0.270 e. The van der Waals surface area contributed by atoms with Crippen molar-refractivity contribution in [3.8, 4) is 0 Å². The van der Waals surface area contributed by atoms with Crippen LogP contribution in [0.15, 0.2) is 53.4 Å². The molecule has 2 saturated heterocycles. The van der Waals surface area contributed by atoms with E-state index in [2.05, 4.69) is 5.32 Å². The van der Waals surface area contributed by atoms with Gasteiger partial charge in [-0.1, -0.05) is 30.3 Å². The van der Waals surface area contributed by atoms with Crippen molar-refractivity contribution < 1.29 is 18.1 Å². The first-order valence-electron chi connectivity index (χ1n) is 10.2. The molecule has 0 radical (unpaired) electrons. The second kappa shape index (κ2) is 8.71. The predicted molar refractivity (Wildman–Crippen MR) is 113 cm³/mol. The average molecular weight is 432 g/mol. The van der Waals surface area contributed by atoms with Crippen molar-refractivity contribution in [3.05, 3.63) is 64.2 Å². The lowest BCUT2D eigenvalue weighted by Gasteiger charge is -2.31. The summed E-state index contributed by atoms with van der Waals surface area (Å²) in [7, 11) is -3.81. The second-order valence-electron chi connectivity index (χ2n) is 7.68. The molecule has 2 aliphatic rings. The molecule has 2 atom stereocenters. The minimum atomic E-state index is -3.81. The van der Waals surface area contributed by atoms with Gasteiger partial charge in [0, 0.05) is 37.9 Å². The Morgan fingerprint density at radius 3 is 2.53 bits per heavy atom. The van der Waals surface area contributed by atoms with Gasteiger partial charge < -0.3 is 10.1 Å². The zero-order valence-electron chi connectivity index (χ0n) is 16.6. The Kier molecular flexibility index (Phi) is 6.03. The lowest BCUT2D eigenvalue weighted by atomic mass is 9.97. The highest BCUT2D eigenvalue weighted by Crippen LogP contribution is 2.34. The predicted octanol–water partition coefficient (Wildman–Crippen LogP) is 3.71. The maximum Gasteiger partial charge on any atom is 0.270 e. The monoisotopic (exact) mass is 431 g/mol. The Morgan fingerprint density at radius 1 is 1.10 bits per heavy atom. The Bertz CT molecular complexity index is 1010. The van der Waals surface area contributed by atoms with E-state index in [0.717, 1.165) is 24.8 Å². The van der Waals surface area contributed by atoms with Crippen LogP contribution in [-0.2, 0) is 14.8 Å². The summed E-state index contributed by atoms with van der Waals surface area (Å²) in [5.74, 6) is 0. The molecule has 2 fully saturated rings. The standard InChI is InChI=1S/C21H25N3O5S/c25-24(26)18-8-9-19(21(15-18)30(27,28)23-11-4-5-12-23)22-17-10-13-29-20(14-17)16-6-2-1-3-7-16/h1-3,6-9,15,17,20,22H,4-5,10-14H2. The summed E-state index contributed by atoms with van der Waals surface area (Å²) in [5.41, 5.74) is 1.26. The van der Waals surface area contributed by atoms with Crippen LogP contribution >= 0.6 is 0 Å². The third-order valence-corrected chi connectivity index (χ3v) is 7.61. The minimum absolute atomic E-state index is 0.00191. The van der Waals surface area contributed by atoms with Crippen LogP contribution in [0.2, 0.25) is 0 Å². The molecule has 0 amide bonds. The number of nitrogens with zero attached hydrogens (tertiary/aromatic N) is 2. The maximum absolute atomic E-state index is 13.2. The molecule has 0 saturated carbocycles.